The molecule has 5 rings (SSSR count). The highest BCUT2D eigenvalue weighted by molar-refractivity contribution is 7.89. The number of ketones is 1. The zero-order chi connectivity index (χ0) is 23.9. The van der Waals surface area contributed by atoms with E-state index in [4.69, 9.17) is 4.98 Å². The number of para-hydroxylation sites is 1. The van der Waals surface area contributed by atoms with Crippen molar-refractivity contribution in [3.05, 3.63) is 59.1 Å². The SMILES string of the molecule is CC(=O)c1cccc(S(=O)(=O)N2CCC(C(=O)N3CCC[C@H]3c3nc4ccccc4s3)CC2)c1. The first kappa shape index (κ1) is 23.1. The lowest BCUT2D eigenvalue weighted by atomic mass is 9.96. The second kappa shape index (κ2) is 9.20. The average Bonchev–Trinajstić information content (AvgIpc) is 3.51. The monoisotopic (exact) mass is 497 g/mol. The molecule has 2 aliphatic heterocycles. The van der Waals surface area contributed by atoms with Gasteiger partial charge in [0.1, 0.15) is 5.01 Å². The number of amides is 1. The summed E-state index contributed by atoms with van der Waals surface area (Å²) >= 11 is 1.65. The van der Waals surface area contributed by atoms with Crippen LogP contribution in [0.15, 0.2) is 53.4 Å². The fraction of sp³-hybridized carbons (Fsp3) is 0.400. The molecular weight excluding hydrogens is 470 g/mol. The third kappa shape index (κ3) is 4.28. The Kier molecular flexibility index (Phi) is 6.26. The Labute approximate surface area is 203 Å². The number of thiazole rings is 1. The Morgan fingerprint density at radius 2 is 1.76 bits per heavy atom. The number of piperidine rings is 1. The summed E-state index contributed by atoms with van der Waals surface area (Å²) in [4.78, 5) is 32.0. The first-order valence-corrected chi connectivity index (χ1v) is 13.9. The predicted molar refractivity (Wildman–Crippen MR) is 131 cm³/mol. The first-order valence-electron chi connectivity index (χ1n) is 11.6. The van der Waals surface area contributed by atoms with Crippen LogP contribution in [0.1, 0.15) is 54.0 Å². The number of Topliss-reactive ketones (excluding diaryl/α,β-unsaturated/α-hetero) is 1. The fourth-order valence-electron chi connectivity index (χ4n) is 4.92. The van der Waals surface area contributed by atoms with Crippen molar-refractivity contribution in [3.8, 4) is 0 Å². The number of hydrogen-bond acceptors (Lipinski definition) is 6. The highest BCUT2D eigenvalue weighted by atomic mass is 32.2. The highest BCUT2D eigenvalue weighted by Gasteiger charge is 2.38. The van der Waals surface area contributed by atoms with E-state index in [-0.39, 0.29) is 28.5 Å². The van der Waals surface area contributed by atoms with Crippen LogP contribution in [0.3, 0.4) is 0 Å². The van der Waals surface area contributed by atoms with Gasteiger partial charge in [0, 0.05) is 31.1 Å². The third-order valence-corrected chi connectivity index (χ3v) is 9.85. The topological polar surface area (TPSA) is 87.7 Å². The molecule has 2 aromatic carbocycles. The van der Waals surface area contributed by atoms with Crippen molar-refractivity contribution < 1.29 is 18.0 Å². The molecule has 2 saturated heterocycles. The average molecular weight is 498 g/mol. The second-order valence-electron chi connectivity index (χ2n) is 8.97. The minimum atomic E-state index is -3.71. The van der Waals surface area contributed by atoms with Gasteiger partial charge in [-0.2, -0.15) is 4.31 Å². The van der Waals surface area contributed by atoms with Crippen molar-refractivity contribution in [1.82, 2.24) is 14.2 Å². The summed E-state index contributed by atoms with van der Waals surface area (Å²) in [5.41, 5.74) is 1.34. The number of hydrogen-bond donors (Lipinski definition) is 0. The van der Waals surface area contributed by atoms with Crippen LogP contribution in [0.5, 0.6) is 0 Å². The van der Waals surface area contributed by atoms with Gasteiger partial charge in [0.05, 0.1) is 21.2 Å². The summed E-state index contributed by atoms with van der Waals surface area (Å²) < 4.78 is 28.8. The molecule has 3 aromatic rings. The number of likely N-dealkylation sites (tertiary alicyclic amines) is 1. The molecule has 0 unspecified atom stereocenters. The molecule has 0 bridgehead atoms. The summed E-state index contributed by atoms with van der Waals surface area (Å²) in [7, 11) is -3.71. The van der Waals surface area contributed by atoms with Crippen molar-refractivity contribution in [3.63, 3.8) is 0 Å². The molecule has 1 atom stereocenters. The molecule has 2 aliphatic rings. The summed E-state index contributed by atoms with van der Waals surface area (Å²) in [5, 5.41) is 0.984. The molecule has 3 heterocycles. The van der Waals surface area contributed by atoms with Crippen molar-refractivity contribution in [2.24, 2.45) is 5.92 Å². The Morgan fingerprint density at radius 1 is 1.00 bits per heavy atom. The third-order valence-electron chi connectivity index (χ3n) is 6.81. The molecule has 1 aromatic heterocycles. The number of fused-ring (bicyclic) bond motifs is 1. The van der Waals surface area contributed by atoms with Gasteiger partial charge in [0.15, 0.2) is 5.78 Å². The Hall–Kier alpha value is -2.62. The van der Waals surface area contributed by atoms with Gasteiger partial charge in [-0.1, -0.05) is 24.3 Å². The molecule has 178 valence electrons. The number of nitrogens with zero attached hydrogens (tertiary/aromatic N) is 3. The zero-order valence-corrected chi connectivity index (χ0v) is 20.6. The van der Waals surface area contributed by atoms with Gasteiger partial charge < -0.3 is 4.90 Å². The number of sulfonamides is 1. The number of carbonyl (C=O) groups excluding carboxylic acids is 2. The molecule has 9 heteroatoms. The molecule has 1 amide bonds. The molecule has 0 saturated carbocycles. The number of aromatic nitrogens is 1. The van der Waals surface area contributed by atoms with Crippen LogP contribution in [0.4, 0.5) is 0 Å². The number of benzene rings is 2. The van der Waals surface area contributed by atoms with Crippen LogP contribution in [-0.2, 0) is 14.8 Å². The van der Waals surface area contributed by atoms with E-state index in [0.717, 1.165) is 34.6 Å². The minimum Gasteiger partial charge on any atom is -0.333 e. The molecule has 0 spiro atoms. The maximum atomic E-state index is 13.4. The van der Waals surface area contributed by atoms with E-state index in [1.165, 1.54) is 23.4 Å². The van der Waals surface area contributed by atoms with E-state index in [2.05, 4.69) is 6.07 Å². The van der Waals surface area contributed by atoms with Crippen molar-refractivity contribution in [2.75, 3.05) is 19.6 Å². The van der Waals surface area contributed by atoms with E-state index in [9.17, 15) is 18.0 Å². The standard InChI is InChI=1S/C25H27N3O4S2/c1-17(29)19-6-4-7-20(16-19)34(31,32)27-14-11-18(12-15-27)25(30)28-13-5-9-22(28)24-26-21-8-2-3-10-23(21)33-24/h2-4,6-8,10,16,18,22H,5,9,11-15H2,1H3/t22-/m0/s1. The molecular formula is C25H27N3O4S2. The fourth-order valence-corrected chi connectivity index (χ4v) is 7.55. The van der Waals surface area contributed by atoms with Crippen LogP contribution < -0.4 is 0 Å². The lowest BCUT2D eigenvalue weighted by molar-refractivity contribution is -0.137. The van der Waals surface area contributed by atoms with Gasteiger partial charge in [0.25, 0.3) is 0 Å². The molecule has 0 aliphatic carbocycles. The summed E-state index contributed by atoms with van der Waals surface area (Å²) in [5.74, 6) is -0.253. The largest absolute Gasteiger partial charge is 0.333 e. The van der Waals surface area contributed by atoms with Gasteiger partial charge in [-0.3, -0.25) is 9.59 Å². The van der Waals surface area contributed by atoms with Gasteiger partial charge in [-0.05, 0) is 56.9 Å². The van der Waals surface area contributed by atoms with Gasteiger partial charge in [-0.25, -0.2) is 13.4 Å². The van der Waals surface area contributed by atoms with Crippen LogP contribution in [0.2, 0.25) is 0 Å². The Bertz CT molecular complexity index is 1310. The van der Waals surface area contributed by atoms with Crippen molar-refractivity contribution >= 4 is 43.3 Å². The zero-order valence-electron chi connectivity index (χ0n) is 19.0. The van der Waals surface area contributed by atoms with Crippen molar-refractivity contribution in [2.45, 2.75) is 43.5 Å². The maximum Gasteiger partial charge on any atom is 0.243 e. The van der Waals surface area contributed by atoms with E-state index in [1.54, 1.807) is 23.5 Å². The van der Waals surface area contributed by atoms with Crippen LogP contribution in [-0.4, -0.2) is 53.9 Å². The molecule has 2 fully saturated rings. The molecule has 0 N–H and O–H groups in total. The van der Waals surface area contributed by atoms with E-state index >= 15 is 0 Å². The maximum absolute atomic E-state index is 13.4. The lowest BCUT2D eigenvalue weighted by Gasteiger charge is -2.34. The normalized spacial score (nSPS) is 20.1. The Morgan fingerprint density at radius 3 is 2.50 bits per heavy atom. The van der Waals surface area contributed by atoms with E-state index < -0.39 is 10.0 Å². The van der Waals surface area contributed by atoms with Crippen LogP contribution in [0, 0.1) is 5.92 Å². The van der Waals surface area contributed by atoms with Gasteiger partial charge >= 0.3 is 0 Å². The van der Waals surface area contributed by atoms with Gasteiger partial charge in [0.2, 0.25) is 15.9 Å². The summed E-state index contributed by atoms with van der Waals surface area (Å²) in [6.07, 6.45) is 2.85. The number of carbonyl (C=O) groups is 2. The first-order chi connectivity index (χ1) is 16.3. The quantitative estimate of drug-likeness (QED) is 0.492. The van der Waals surface area contributed by atoms with Crippen LogP contribution >= 0.6 is 11.3 Å². The summed E-state index contributed by atoms with van der Waals surface area (Å²) in [6.45, 7) is 2.73. The summed E-state index contributed by atoms with van der Waals surface area (Å²) in [6, 6.07) is 14.2. The highest BCUT2D eigenvalue weighted by Crippen LogP contribution is 2.38. The molecule has 34 heavy (non-hydrogen) atoms. The predicted octanol–water partition coefficient (Wildman–Crippen LogP) is 4.26. The van der Waals surface area contributed by atoms with Crippen LogP contribution in [0.25, 0.3) is 10.2 Å². The Balaban J connectivity index is 1.27. The molecule has 0 radical (unpaired) electrons. The van der Waals surface area contributed by atoms with Gasteiger partial charge in [-0.15, -0.1) is 11.3 Å². The molecule has 7 nitrogen and oxygen atoms in total. The minimum absolute atomic E-state index is 0.000910. The van der Waals surface area contributed by atoms with E-state index in [1.807, 2.05) is 23.1 Å². The second-order valence-corrected chi connectivity index (χ2v) is 12.0. The smallest absolute Gasteiger partial charge is 0.243 e. The lowest BCUT2D eigenvalue weighted by Crippen LogP contribution is -2.44. The van der Waals surface area contributed by atoms with Crippen molar-refractivity contribution in [1.29, 1.82) is 0 Å². The van der Waals surface area contributed by atoms with E-state index in [0.29, 0.717) is 31.5 Å². The number of rotatable bonds is 5.